The van der Waals surface area contributed by atoms with Crippen LogP contribution in [0.1, 0.15) is 30.1 Å². The molecule has 0 heterocycles. The molecule has 2 N–H and O–H groups in total. The van der Waals surface area contributed by atoms with E-state index in [0.29, 0.717) is 6.54 Å². The lowest BCUT2D eigenvalue weighted by molar-refractivity contribution is -0.120. The van der Waals surface area contributed by atoms with Gasteiger partial charge in [-0.2, -0.15) is 0 Å². The molecule has 0 spiro atoms. The van der Waals surface area contributed by atoms with Crippen molar-refractivity contribution in [3.63, 3.8) is 0 Å². The summed E-state index contributed by atoms with van der Waals surface area (Å²) in [5.74, 6) is -1.26. The summed E-state index contributed by atoms with van der Waals surface area (Å²) >= 11 is 3.02. The van der Waals surface area contributed by atoms with Gasteiger partial charge in [-0.25, -0.2) is 4.39 Å². The molecule has 0 aliphatic heterocycles. The second-order valence-electron chi connectivity index (χ2n) is 3.96. The minimum absolute atomic E-state index is 0.0386. The third-order valence-electron chi connectivity index (χ3n) is 2.41. The Balaban J connectivity index is 2.43. The zero-order valence-corrected chi connectivity index (χ0v) is 12.2. The molecule has 0 aliphatic carbocycles. The normalized spacial score (nSPS) is 10.1. The van der Waals surface area contributed by atoms with Crippen molar-refractivity contribution in [2.45, 2.75) is 19.8 Å². The first-order chi connectivity index (χ1) is 9.06. The minimum atomic E-state index is -0.601. The van der Waals surface area contributed by atoms with Crippen LogP contribution in [-0.4, -0.2) is 24.9 Å². The highest BCUT2D eigenvalue weighted by Gasteiger charge is 2.13. The van der Waals surface area contributed by atoms with Gasteiger partial charge in [0.05, 0.1) is 10.0 Å². The maximum Gasteiger partial charge on any atom is 0.254 e. The Morgan fingerprint density at radius 3 is 2.68 bits per heavy atom. The smallest absolute Gasteiger partial charge is 0.254 e. The predicted molar refractivity (Wildman–Crippen MR) is 74.4 cm³/mol. The lowest BCUT2D eigenvalue weighted by Gasteiger charge is -2.07. The number of benzene rings is 1. The van der Waals surface area contributed by atoms with Crippen LogP contribution >= 0.6 is 15.9 Å². The number of amides is 2. The van der Waals surface area contributed by atoms with Gasteiger partial charge in [0, 0.05) is 19.5 Å². The number of halogens is 2. The Morgan fingerprint density at radius 2 is 2.00 bits per heavy atom. The molecule has 2 amide bonds. The van der Waals surface area contributed by atoms with E-state index in [1.807, 2.05) is 6.92 Å². The van der Waals surface area contributed by atoms with Crippen molar-refractivity contribution in [2.24, 2.45) is 0 Å². The van der Waals surface area contributed by atoms with Crippen molar-refractivity contribution in [2.75, 3.05) is 13.1 Å². The highest BCUT2D eigenvalue weighted by molar-refractivity contribution is 9.10. The molecule has 0 bridgehead atoms. The molecule has 0 unspecified atom stereocenters. The van der Waals surface area contributed by atoms with Crippen LogP contribution in [0.4, 0.5) is 4.39 Å². The number of hydrogen-bond donors (Lipinski definition) is 2. The van der Waals surface area contributed by atoms with Gasteiger partial charge in [0.25, 0.3) is 5.91 Å². The van der Waals surface area contributed by atoms with E-state index in [0.717, 1.165) is 6.42 Å². The fraction of sp³-hybridized carbons (Fsp3) is 0.385. The SMILES string of the molecule is CCCNC(=O)CCNC(=O)c1cccc(Br)c1F. The van der Waals surface area contributed by atoms with Gasteiger partial charge in [0.2, 0.25) is 5.91 Å². The van der Waals surface area contributed by atoms with Gasteiger partial charge in [0.15, 0.2) is 0 Å². The Kier molecular flexibility index (Phi) is 6.49. The van der Waals surface area contributed by atoms with Crippen LogP contribution < -0.4 is 10.6 Å². The maximum atomic E-state index is 13.6. The summed E-state index contributed by atoms with van der Waals surface area (Å²) in [6.45, 7) is 2.76. The molecule has 1 aromatic rings. The molecule has 19 heavy (non-hydrogen) atoms. The zero-order chi connectivity index (χ0) is 14.3. The Hall–Kier alpha value is -1.43. The van der Waals surface area contributed by atoms with Crippen LogP contribution in [0.5, 0.6) is 0 Å². The summed E-state index contributed by atoms with van der Waals surface area (Å²) in [6.07, 6.45) is 1.04. The third-order valence-corrected chi connectivity index (χ3v) is 3.02. The Morgan fingerprint density at radius 1 is 1.26 bits per heavy atom. The minimum Gasteiger partial charge on any atom is -0.356 e. The van der Waals surface area contributed by atoms with Crippen LogP contribution in [0.15, 0.2) is 22.7 Å². The van der Waals surface area contributed by atoms with Gasteiger partial charge in [-0.05, 0) is 34.5 Å². The van der Waals surface area contributed by atoms with E-state index < -0.39 is 11.7 Å². The second-order valence-corrected chi connectivity index (χ2v) is 4.81. The van der Waals surface area contributed by atoms with Gasteiger partial charge in [-0.3, -0.25) is 9.59 Å². The van der Waals surface area contributed by atoms with Crippen LogP contribution in [0.3, 0.4) is 0 Å². The predicted octanol–water partition coefficient (Wildman–Crippen LogP) is 2.23. The summed E-state index contributed by atoms with van der Waals surface area (Å²) in [5, 5.41) is 5.21. The van der Waals surface area contributed by atoms with Gasteiger partial charge in [-0.15, -0.1) is 0 Å². The summed E-state index contributed by atoms with van der Waals surface area (Å²) in [6, 6.07) is 4.49. The Labute approximate surface area is 119 Å². The molecule has 0 saturated carbocycles. The van der Waals surface area contributed by atoms with Crippen molar-refractivity contribution in [1.29, 1.82) is 0 Å². The molecule has 4 nitrogen and oxygen atoms in total. The Bertz CT molecular complexity index is 466. The molecule has 0 fully saturated rings. The first-order valence-corrected chi connectivity index (χ1v) is 6.84. The van der Waals surface area contributed by atoms with Crippen LogP contribution in [0, 0.1) is 5.82 Å². The topological polar surface area (TPSA) is 58.2 Å². The van der Waals surface area contributed by atoms with E-state index in [9.17, 15) is 14.0 Å². The number of carbonyl (C=O) groups is 2. The molecule has 6 heteroatoms. The average Bonchev–Trinajstić information content (AvgIpc) is 2.39. The molecule has 0 atom stereocenters. The van der Waals surface area contributed by atoms with E-state index in [4.69, 9.17) is 0 Å². The first-order valence-electron chi connectivity index (χ1n) is 6.05. The fourth-order valence-electron chi connectivity index (χ4n) is 1.42. The van der Waals surface area contributed by atoms with Gasteiger partial charge < -0.3 is 10.6 Å². The monoisotopic (exact) mass is 330 g/mol. The van der Waals surface area contributed by atoms with Crippen molar-refractivity contribution >= 4 is 27.7 Å². The number of carbonyl (C=O) groups excluding carboxylic acids is 2. The molecule has 0 aliphatic rings. The summed E-state index contributed by atoms with van der Waals surface area (Å²) in [4.78, 5) is 23.0. The van der Waals surface area contributed by atoms with Crippen LogP contribution in [0.25, 0.3) is 0 Å². The van der Waals surface area contributed by atoms with Gasteiger partial charge in [-0.1, -0.05) is 13.0 Å². The van der Waals surface area contributed by atoms with Crippen molar-refractivity contribution in [3.8, 4) is 0 Å². The van der Waals surface area contributed by atoms with Crippen molar-refractivity contribution in [1.82, 2.24) is 10.6 Å². The summed E-state index contributed by atoms with van der Waals surface area (Å²) < 4.78 is 13.9. The average molecular weight is 331 g/mol. The second kappa shape index (κ2) is 7.89. The molecule has 1 rings (SSSR count). The van der Waals surface area contributed by atoms with E-state index in [2.05, 4.69) is 26.6 Å². The quantitative estimate of drug-likeness (QED) is 0.840. The fourth-order valence-corrected chi connectivity index (χ4v) is 1.78. The standard InChI is InChI=1S/C13H16BrFN2O2/c1-2-7-16-11(18)6-8-17-13(19)9-4-3-5-10(14)12(9)15/h3-5H,2,6-8H2,1H3,(H,16,18)(H,17,19). The third kappa shape index (κ3) is 4.98. The van der Waals surface area contributed by atoms with Gasteiger partial charge in [0.1, 0.15) is 5.82 Å². The van der Waals surface area contributed by atoms with Crippen molar-refractivity contribution < 1.29 is 14.0 Å². The van der Waals surface area contributed by atoms with E-state index in [-0.39, 0.29) is 28.9 Å². The largest absolute Gasteiger partial charge is 0.356 e. The lowest BCUT2D eigenvalue weighted by atomic mass is 10.2. The maximum absolute atomic E-state index is 13.6. The van der Waals surface area contributed by atoms with Crippen molar-refractivity contribution in [3.05, 3.63) is 34.1 Å². The zero-order valence-electron chi connectivity index (χ0n) is 10.6. The number of rotatable bonds is 6. The highest BCUT2D eigenvalue weighted by Crippen LogP contribution is 2.18. The van der Waals surface area contributed by atoms with E-state index in [1.54, 1.807) is 6.07 Å². The van der Waals surface area contributed by atoms with Crippen LogP contribution in [0.2, 0.25) is 0 Å². The number of nitrogens with one attached hydrogen (secondary N) is 2. The molecule has 1 aromatic carbocycles. The van der Waals surface area contributed by atoms with E-state index in [1.165, 1.54) is 12.1 Å². The molecule has 104 valence electrons. The van der Waals surface area contributed by atoms with Crippen LogP contribution in [-0.2, 0) is 4.79 Å². The lowest BCUT2D eigenvalue weighted by Crippen LogP contribution is -2.31. The molecule has 0 radical (unpaired) electrons. The first kappa shape index (κ1) is 15.6. The molecular weight excluding hydrogens is 315 g/mol. The van der Waals surface area contributed by atoms with E-state index >= 15 is 0 Å². The number of hydrogen-bond acceptors (Lipinski definition) is 2. The summed E-state index contributed by atoms with van der Waals surface area (Å²) in [5.41, 5.74) is -0.0386. The summed E-state index contributed by atoms with van der Waals surface area (Å²) in [7, 11) is 0. The molecular formula is C13H16BrFN2O2. The molecule has 0 aromatic heterocycles. The van der Waals surface area contributed by atoms with Gasteiger partial charge >= 0.3 is 0 Å². The molecule has 0 saturated heterocycles. The highest BCUT2D eigenvalue weighted by atomic mass is 79.9.